The second-order valence-electron chi connectivity index (χ2n) is 6.31. The number of hydrogen-bond acceptors (Lipinski definition) is 2. The number of piperidine rings is 1. The predicted octanol–water partition coefficient (Wildman–Crippen LogP) is 1.62. The molecule has 2 N–H and O–H groups in total. The molecule has 3 heteroatoms. The van der Waals surface area contributed by atoms with Crippen LogP contribution in [0.4, 0.5) is 0 Å². The van der Waals surface area contributed by atoms with Crippen molar-refractivity contribution in [1.82, 2.24) is 4.90 Å². The normalized spacial score (nSPS) is 40.9. The van der Waals surface area contributed by atoms with Crippen LogP contribution in [0.5, 0.6) is 0 Å². The Morgan fingerprint density at radius 3 is 2.76 bits per heavy atom. The Morgan fingerprint density at radius 1 is 1.24 bits per heavy atom. The van der Waals surface area contributed by atoms with Crippen molar-refractivity contribution in [1.29, 1.82) is 0 Å². The summed E-state index contributed by atoms with van der Waals surface area (Å²) in [6, 6.07) is 0. The number of likely N-dealkylation sites (tertiary alicyclic amines) is 1. The van der Waals surface area contributed by atoms with Gasteiger partial charge in [0, 0.05) is 19.0 Å². The van der Waals surface area contributed by atoms with Gasteiger partial charge in [0.25, 0.3) is 0 Å². The van der Waals surface area contributed by atoms with Crippen LogP contribution < -0.4 is 5.73 Å². The Labute approximate surface area is 104 Å². The average molecular weight is 236 g/mol. The van der Waals surface area contributed by atoms with Crippen molar-refractivity contribution in [2.45, 2.75) is 38.5 Å². The van der Waals surface area contributed by atoms with Crippen molar-refractivity contribution in [2.75, 3.05) is 19.6 Å². The second-order valence-corrected chi connectivity index (χ2v) is 6.31. The Hall–Kier alpha value is -0.570. The summed E-state index contributed by atoms with van der Waals surface area (Å²) in [6.45, 7) is 2.63. The van der Waals surface area contributed by atoms with Crippen molar-refractivity contribution < 1.29 is 4.79 Å². The first-order chi connectivity index (χ1) is 8.28. The van der Waals surface area contributed by atoms with Crippen molar-refractivity contribution in [3.8, 4) is 0 Å². The van der Waals surface area contributed by atoms with Crippen LogP contribution in [-0.2, 0) is 4.79 Å². The zero-order chi connectivity index (χ0) is 11.8. The number of hydrogen-bond donors (Lipinski definition) is 1. The molecule has 2 aliphatic carbocycles. The van der Waals surface area contributed by atoms with Gasteiger partial charge in [-0.1, -0.05) is 6.42 Å². The molecule has 2 bridgehead atoms. The molecule has 2 saturated carbocycles. The molecular formula is C14H24N2O. The first kappa shape index (κ1) is 11.5. The van der Waals surface area contributed by atoms with Gasteiger partial charge in [0.1, 0.15) is 0 Å². The maximum Gasteiger partial charge on any atom is 0.225 e. The van der Waals surface area contributed by atoms with Crippen LogP contribution in [0.2, 0.25) is 0 Å². The summed E-state index contributed by atoms with van der Waals surface area (Å²) >= 11 is 0. The van der Waals surface area contributed by atoms with Gasteiger partial charge in [-0.3, -0.25) is 4.79 Å². The molecule has 17 heavy (non-hydrogen) atoms. The standard InChI is InChI=1S/C14H24N2O/c15-8-11-2-1-5-16(9-11)14(17)13-7-10-3-4-12(13)6-10/h10-13H,1-9,15H2. The zero-order valence-corrected chi connectivity index (χ0v) is 10.6. The van der Waals surface area contributed by atoms with Crippen LogP contribution in [0.1, 0.15) is 38.5 Å². The van der Waals surface area contributed by atoms with E-state index >= 15 is 0 Å². The lowest BCUT2D eigenvalue weighted by Gasteiger charge is -2.35. The molecule has 1 saturated heterocycles. The third-order valence-corrected chi connectivity index (χ3v) is 5.22. The smallest absolute Gasteiger partial charge is 0.225 e. The molecule has 1 aliphatic heterocycles. The molecule has 3 fully saturated rings. The van der Waals surface area contributed by atoms with Crippen molar-refractivity contribution in [2.24, 2.45) is 29.4 Å². The van der Waals surface area contributed by atoms with E-state index in [2.05, 4.69) is 4.90 Å². The summed E-state index contributed by atoms with van der Waals surface area (Å²) < 4.78 is 0. The van der Waals surface area contributed by atoms with Crippen LogP contribution in [0.3, 0.4) is 0 Å². The lowest BCUT2D eigenvalue weighted by atomic mass is 9.86. The number of nitrogens with zero attached hydrogens (tertiary/aromatic N) is 1. The highest BCUT2D eigenvalue weighted by Crippen LogP contribution is 2.49. The topological polar surface area (TPSA) is 46.3 Å². The van der Waals surface area contributed by atoms with E-state index in [1.807, 2.05) is 0 Å². The fraction of sp³-hybridized carbons (Fsp3) is 0.929. The summed E-state index contributed by atoms with van der Waals surface area (Å²) in [5.41, 5.74) is 5.74. The van der Waals surface area contributed by atoms with Gasteiger partial charge in [0.2, 0.25) is 5.91 Å². The molecular weight excluding hydrogens is 212 g/mol. The molecule has 0 radical (unpaired) electrons. The maximum absolute atomic E-state index is 12.5. The van der Waals surface area contributed by atoms with E-state index < -0.39 is 0 Å². The SMILES string of the molecule is NCC1CCCN(C(=O)C2CC3CCC2C3)C1. The van der Waals surface area contributed by atoms with Gasteiger partial charge in [0.05, 0.1) is 0 Å². The Morgan fingerprint density at radius 2 is 2.12 bits per heavy atom. The molecule has 96 valence electrons. The fourth-order valence-corrected chi connectivity index (χ4v) is 4.24. The van der Waals surface area contributed by atoms with E-state index in [1.54, 1.807) is 0 Å². The Kier molecular flexibility index (Phi) is 3.12. The predicted molar refractivity (Wildman–Crippen MR) is 67.3 cm³/mol. The second kappa shape index (κ2) is 4.60. The summed E-state index contributed by atoms with van der Waals surface area (Å²) in [6.07, 6.45) is 7.53. The fourth-order valence-electron chi connectivity index (χ4n) is 4.24. The van der Waals surface area contributed by atoms with Gasteiger partial charge in [0.15, 0.2) is 0 Å². The summed E-state index contributed by atoms with van der Waals surface area (Å²) in [7, 11) is 0. The number of fused-ring (bicyclic) bond motifs is 2. The summed E-state index contributed by atoms with van der Waals surface area (Å²) in [4.78, 5) is 14.7. The average Bonchev–Trinajstić information content (AvgIpc) is 3.00. The van der Waals surface area contributed by atoms with Crippen molar-refractivity contribution >= 4 is 5.91 Å². The van der Waals surface area contributed by atoms with Gasteiger partial charge in [-0.05, 0) is 56.4 Å². The van der Waals surface area contributed by atoms with Crippen molar-refractivity contribution in [3.05, 3.63) is 0 Å². The molecule has 3 aliphatic rings. The monoisotopic (exact) mass is 236 g/mol. The third kappa shape index (κ3) is 2.10. The van der Waals surface area contributed by atoms with Gasteiger partial charge < -0.3 is 10.6 Å². The van der Waals surface area contributed by atoms with E-state index in [9.17, 15) is 4.79 Å². The van der Waals surface area contributed by atoms with Gasteiger partial charge in [-0.25, -0.2) is 0 Å². The number of nitrogens with two attached hydrogens (primary N) is 1. The van der Waals surface area contributed by atoms with E-state index in [4.69, 9.17) is 5.73 Å². The first-order valence-electron chi connectivity index (χ1n) is 7.26. The Bertz CT molecular complexity index is 305. The molecule has 4 atom stereocenters. The Balaban J connectivity index is 1.62. The van der Waals surface area contributed by atoms with E-state index in [0.717, 1.165) is 32.0 Å². The largest absolute Gasteiger partial charge is 0.342 e. The number of amides is 1. The molecule has 3 nitrogen and oxygen atoms in total. The molecule has 0 aromatic carbocycles. The van der Waals surface area contributed by atoms with Crippen molar-refractivity contribution in [3.63, 3.8) is 0 Å². The first-order valence-corrected chi connectivity index (χ1v) is 7.26. The maximum atomic E-state index is 12.5. The summed E-state index contributed by atoms with van der Waals surface area (Å²) in [5, 5.41) is 0. The lowest BCUT2D eigenvalue weighted by Crippen LogP contribution is -2.45. The molecule has 1 amide bonds. The van der Waals surface area contributed by atoms with E-state index in [0.29, 0.717) is 23.7 Å². The summed E-state index contributed by atoms with van der Waals surface area (Å²) in [5.74, 6) is 2.95. The minimum atomic E-state index is 0.366. The lowest BCUT2D eigenvalue weighted by molar-refractivity contribution is -0.139. The van der Waals surface area contributed by atoms with Gasteiger partial charge >= 0.3 is 0 Å². The molecule has 3 rings (SSSR count). The number of carbonyl (C=O) groups excluding carboxylic acids is 1. The molecule has 0 aromatic heterocycles. The highest BCUT2D eigenvalue weighted by atomic mass is 16.2. The van der Waals surface area contributed by atoms with E-state index in [-0.39, 0.29) is 0 Å². The molecule has 0 aromatic rings. The van der Waals surface area contributed by atoms with E-state index in [1.165, 1.54) is 32.1 Å². The van der Waals surface area contributed by atoms with Crippen LogP contribution in [0, 0.1) is 23.7 Å². The highest BCUT2D eigenvalue weighted by Gasteiger charge is 2.44. The molecule has 0 spiro atoms. The minimum absolute atomic E-state index is 0.366. The van der Waals surface area contributed by atoms with Gasteiger partial charge in [-0.2, -0.15) is 0 Å². The van der Waals surface area contributed by atoms with Crippen LogP contribution in [0.25, 0.3) is 0 Å². The van der Waals surface area contributed by atoms with Crippen LogP contribution in [0.15, 0.2) is 0 Å². The quantitative estimate of drug-likeness (QED) is 0.792. The number of rotatable bonds is 2. The molecule has 4 unspecified atom stereocenters. The van der Waals surface area contributed by atoms with Crippen LogP contribution in [-0.4, -0.2) is 30.4 Å². The van der Waals surface area contributed by atoms with Crippen LogP contribution >= 0.6 is 0 Å². The highest BCUT2D eigenvalue weighted by molar-refractivity contribution is 5.79. The number of carbonyl (C=O) groups is 1. The third-order valence-electron chi connectivity index (χ3n) is 5.22. The zero-order valence-electron chi connectivity index (χ0n) is 10.6. The minimum Gasteiger partial charge on any atom is -0.342 e. The molecule has 1 heterocycles. The van der Waals surface area contributed by atoms with Gasteiger partial charge in [-0.15, -0.1) is 0 Å².